The van der Waals surface area contributed by atoms with Crippen LogP contribution in [0, 0.1) is 11.8 Å². The molecule has 0 aliphatic rings. The third-order valence-corrected chi connectivity index (χ3v) is 2.75. The molecule has 0 aliphatic heterocycles. The summed E-state index contributed by atoms with van der Waals surface area (Å²) >= 11 is 0. The molecule has 0 amide bonds. The summed E-state index contributed by atoms with van der Waals surface area (Å²) < 4.78 is 22.2. The molecule has 0 bridgehead atoms. The fourth-order valence-electron chi connectivity index (χ4n) is 0.661. The standard InChI is InChI=1S/C8H15NO2S/c1-2-3-4-7-12(10,11)8-5-6-9/h2,5-9H2,1H3. The van der Waals surface area contributed by atoms with Gasteiger partial charge in [-0.05, 0) is 13.0 Å². The highest BCUT2D eigenvalue weighted by molar-refractivity contribution is 7.91. The molecule has 0 fully saturated rings. The highest BCUT2D eigenvalue weighted by Crippen LogP contribution is 1.91. The SMILES string of the molecule is CCC#CCS(=O)(=O)CCCN. The molecule has 0 saturated carbocycles. The van der Waals surface area contributed by atoms with E-state index in [9.17, 15) is 8.42 Å². The van der Waals surface area contributed by atoms with Crippen LogP contribution in [0.1, 0.15) is 19.8 Å². The van der Waals surface area contributed by atoms with Crippen LogP contribution in [0.2, 0.25) is 0 Å². The summed E-state index contributed by atoms with van der Waals surface area (Å²) in [5.74, 6) is 5.45. The second-order valence-corrected chi connectivity index (χ2v) is 4.63. The molecule has 0 radical (unpaired) electrons. The first-order valence-corrected chi connectivity index (χ1v) is 5.80. The molecule has 0 atom stereocenters. The summed E-state index contributed by atoms with van der Waals surface area (Å²) in [4.78, 5) is 0. The summed E-state index contributed by atoms with van der Waals surface area (Å²) in [5.41, 5.74) is 5.19. The van der Waals surface area contributed by atoms with Crippen LogP contribution in [0.15, 0.2) is 0 Å². The van der Waals surface area contributed by atoms with Gasteiger partial charge in [-0.2, -0.15) is 0 Å². The molecular formula is C8H15NO2S. The van der Waals surface area contributed by atoms with Gasteiger partial charge in [-0.15, -0.1) is 5.92 Å². The monoisotopic (exact) mass is 189 g/mol. The lowest BCUT2D eigenvalue weighted by molar-refractivity contribution is 0.597. The molecule has 0 heterocycles. The maximum atomic E-state index is 11.1. The van der Waals surface area contributed by atoms with Crippen molar-refractivity contribution in [3.05, 3.63) is 0 Å². The zero-order valence-corrected chi connectivity index (χ0v) is 8.15. The maximum absolute atomic E-state index is 11.1. The predicted octanol–water partition coefficient (Wildman–Crippen LogP) is 0.163. The van der Waals surface area contributed by atoms with Crippen molar-refractivity contribution < 1.29 is 8.42 Å². The number of hydrogen-bond acceptors (Lipinski definition) is 3. The van der Waals surface area contributed by atoms with Crippen molar-refractivity contribution >= 4 is 9.84 Å². The first-order valence-electron chi connectivity index (χ1n) is 3.98. The molecule has 0 aromatic rings. The zero-order valence-electron chi connectivity index (χ0n) is 7.34. The maximum Gasteiger partial charge on any atom is 0.161 e. The number of sulfone groups is 1. The van der Waals surface area contributed by atoms with Gasteiger partial charge >= 0.3 is 0 Å². The van der Waals surface area contributed by atoms with Crippen LogP contribution in [-0.2, 0) is 9.84 Å². The topological polar surface area (TPSA) is 60.2 Å². The van der Waals surface area contributed by atoms with Gasteiger partial charge in [0.25, 0.3) is 0 Å². The normalized spacial score (nSPS) is 10.5. The molecule has 0 spiro atoms. The molecule has 0 saturated heterocycles. The Hall–Kier alpha value is -0.530. The Morgan fingerprint density at radius 3 is 2.50 bits per heavy atom. The third-order valence-electron chi connectivity index (χ3n) is 1.25. The Balaban J connectivity index is 3.88. The fourth-order valence-corrected chi connectivity index (χ4v) is 1.73. The Labute approximate surface area is 74.3 Å². The number of hydrogen-bond donors (Lipinski definition) is 1. The van der Waals surface area contributed by atoms with Crippen molar-refractivity contribution in [3.8, 4) is 11.8 Å². The second kappa shape index (κ2) is 6.04. The van der Waals surface area contributed by atoms with E-state index in [4.69, 9.17) is 5.73 Å². The molecule has 3 nitrogen and oxygen atoms in total. The highest BCUT2D eigenvalue weighted by atomic mass is 32.2. The van der Waals surface area contributed by atoms with E-state index < -0.39 is 9.84 Å². The number of nitrogens with two attached hydrogens (primary N) is 1. The van der Waals surface area contributed by atoms with E-state index in [1.807, 2.05) is 6.92 Å². The van der Waals surface area contributed by atoms with Crippen molar-refractivity contribution in [1.82, 2.24) is 0 Å². The van der Waals surface area contributed by atoms with Crippen LogP contribution in [0.4, 0.5) is 0 Å². The van der Waals surface area contributed by atoms with Crippen LogP contribution >= 0.6 is 0 Å². The van der Waals surface area contributed by atoms with Crippen LogP contribution < -0.4 is 5.73 Å². The molecule has 4 heteroatoms. The highest BCUT2D eigenvalue weighted by Gasteiger charge is 2.06. The summed E-state index contributed by atoms with van der Waals surface area (Å²) in [5, 5.41) is 0. The minimum atomic E-state index is -2.97. The first-order chi connectivity index (χ1) is 5.62. The van der Waals surface area contributed by atoms with Gasteiger partial charge in [0.15, 0.2) is 9.84 Å². The minimum absolute atomic E-state index is 0.0269. The first kappa shape index (κ1) is 11.5. The minimum Gasteiger partial charge on any atom is -0.330 e. The molecule has 70 valence electrons. The largest absolute Gasteiger partial charge is 0.330 e. The van der Waals surface area contributed by atoms with E-state index in [-0.39, 0.29) is 11.5 Å². The fraction of sp³-hybridized carbons (Fsp3) is 0.750. The van der Waals surface area contributed by atoms with Crippen LogP contribution in [0.5, 0.6) is 0 Å². The summed E-state index contributed by atoms with van der Waals surface area (Å²) in [6.07, 6.45) is 1.22. The molecule has 0 aromatic carbocycles. The van der Waals surface area contributed by atoms with E-state index in [1.54, 1.807) is 0 Å². The summed E-state index contributed by atoms with van der Waals surface area (Å²) in [7, 11) is -2.97. The van der Waals surface area contributed by atoms with Crippen LogP contribution in [0.3, 0.4) is 0 Å². The average Bonchev–Trinajstić information content (AvgIpc) is 2.01. The lowest BCUT2D eigenvalue weighted by atomic mass is 10.5. The van der Waals surface area contributed by atoms with Crippen molar-refractivity contribution in [1.29, 1.82) is 0 Å². The van der Waals surface area contributed by atoms with E-state index in [2.05, 4.69) is 11.8 Å². The van der Waals surface area contributed by atoms with Gasteiger partial charge in [-0.25, -0.2) is 8.42 Å². The average molecular weight is 189 g/mol. The Morgan fingerprint density at radius 1 is 1.33 bits per heavy atom. The van der Waals surface area contributed by atoms with Gasteiger partial charge in [0.2, 0.25) is 0 Å². The van der Waals surface area contributed by atoms with Crippen LogP contribution in [-0.4, -0.2) is 26.5 Å². The Kier molecular flexibility index (Phi) is 5.77. The molecule has 0 aliphatic carbocycles. The lowest BCUT2D eigenvalue weighted by Gasteiger charge is -1.96. The van der Waals surface area contributed by atoms with Crippen molar-refractivity contribution in [2.24, 2.45) is 5.73 Å². The van der Waals surface area contributed by atoms with E-state index in [1.165, 1.54) is 0 Å². The predicted molar refractivity (Wildman–Crippen MR) is 50.4 cm³/mol. The van der Waals surface area contributed by atoms with Gasteiger partial charge in [0, 0.05) is 6.42 Å². The van der Waals surface area contributed by atoms with E-state index in [0.29, 0.717) is 19.4 Å². The smallest absolute Gasteiger partial charge is 0.161 e. The van der Waals surface area contributed by atoms with E-state index in [0.717, 1.165) is 0 Å². The van der Waals surface area contributed by atoms with Crippen molar-refractivity contribution in [2.45, 2.75) is 19.8 Å². The molecule has 2 N–H and O–H groups in total. The summed E-state index contributed by atoms with van der Waals surface area (Å²) in [6.45, 7) is 2.31. The molecule has 0 aromatic heterocycles. The van der Waals surface area contributed by atoms with E-state index >= 15 is 0 Å². The van der Waals surface area contributed by atoms with Gasteiger partial charge in [0.05, 0.1) is 5.75 Å². The Morgan fingerprint density at radius 2 is 2.00 bits per heavy atom. The molecule has 12 heavy (non-hydrogen) atoms. The second-order valence-electron chi connectivity index (χ2n) is 2.44. The van der Waals surface area contributed by atoms with Crippen molar-refractivity contribution in [2.75, 3.05) is 18.1 Å². The quantitative estimate of drug-likeness (QED) is 0.641. The van der Waals surface area contributed by atoms with Crippen LogP contribution in [0.25, 0.3) is 0 Å². The number of rotatable bonds is 4. The van der Waals surface area contributed by atoms with Gasteiger partial charge in [0.1, 0.15) is 5.75 Å². The molecule has 0 rings (SSSR count). The molecule has 0 unspecified atom stereocenters. The Bertz CT molecular complexity index is 259. The molecular weight excluding hydrogens is 174 g/mol. The summed E-state index contributed by atoms with van der Waals surface area (Å²) in [6, 6.07) is 0. The van der Waals surface area contributed by atoms with Crippen molar-refractivity contribution in [3.63, 3.8) is 0 Å². The zero-order chi connectivity index (χ0) is 9.45. The third kappa shape index (κ3) is 6.20. The van der Waals surface area contributed by atoms with Gasteiger partial charge < -0.3 is 5.73 Å². The van der Waals surface area contributed by atoms with Gasteiger partial charge in [-0.3, -0.25) is 0 Å². The van der Waals surface area contributed by atoms with Gasteiger partial charge in [-0.1, -0.05) is 12.8 Å². The lowest BCUT2D eigenvalue weighted by Crippen LogP contribution is -2.13.